The van der Waals surface area contributed by atoms with E-state index in [-0.39, 0.29) is 0 Å². The van der Waals surface area contributed by atoms with E-state index >= 15 is 0 Å². The quantitative estimate of drug-likeness (QED) is 0.750. The van der Waals surface area contributed by atoms with Gasteiger partial charge in [0.05, 0.1) is 14.2 Å². The van der Waals surface area contributed by atoms with Crippen molar-refractivity contribution >= 4 is 0 Å². The van der Waals surface area contributed by atoms with Crippen LogP contribution >= 0.6 is 0 Å². The van der Waals surface area contributed by atoms with Crippen LogP contribution in [0.1, 0.15) is 38.2 Å². The summed E-state index contributed by atoms with van der Waals surface area (Å²) in [6.07, 6.45) is 6.26. The Bertz CT molecular complexity index is 393. The van der Waals surface area contributed by atoms with Crippen LogP contribution in [0.4, 0.5) is 0 Å². The molecule has 1 aromatic carbocycles. The highest BCUT2D eigenvalue weighted by atomic mass is 16.5. The molecule has 1 aromatic rings. The molecule has 0 bridgehead atoms. The first-order chi connectivity index (χ1) is 9.76. The van der Waals surface area contributed by atoms with Gasteiger partial charge in [-0.2, -0.15) is 0 Å². The lowest BCUT2D eigenvalue weighted by atomic mass is 10.0. The molecule has 1 aliphatic carbocycles. The predicted molar refractivity (Wildman–Crippen MR) is 82.7 cm³/mol. The Morgan fingerprint density at radius 3 is 2.30 bits per heavy atom. The summed E-state index contributed by atoms with van der Waals surface area (Å²) < 4.78 is 10.7. The van der Waals surface area contributed by atoms with Gasteiger partial charge in [-0.05, 0) is 62.3 Å². The van der Waals surface area contributed by atoms with Gasteiger partial charge in [-0.15, -0.1) is 0 Å². The van der Waals surface area contributed by atoms with Crippen LogP contribution in [-0.4, -0.2) is 26.8 Å². The van der Waals surface area contributed by atoms with Crippen LogP contribution in [0.15, 0.2) is 18.2 Å². The molecular weight excluding hydrogens is 250 g/mol. The molecule has 0 spiro atoms. The average Bonchev–Trinajstić information content (AvgIpc) is 3.31. The number of hydrogen-bond acceptors (Lipinski definition) is 3. The fourth-order valence-corrected chi connectivity index (χ4v) is 2.67. The predicted octanol–water partition coefficient (Wildman–Crippen LogP) is 3.41. The lowest BCUT2D eigenvalue weighted by molar-refractivity contribution is 0.392. The summed E-state index contributed by atoms with van der Waals surface area (Å²) in [5.74, 6) is 2.65. The topological polar surface area (TPSA) is 30.5 Å². The summed E-state index contributed by atoms with van der Waals surface area (Å²) >= 11 is 0. The van der Waals surface area contributed by atoms with Crippen molar-refractivity contribution < 1.29 is 9.47 Å². The van der Waals surface area contributed by atoms with Crippen LogP contribution in [0.5, 0.6) is 11.5 Å². The molecule has 0 aliphatic heterocycles. The van der Waals surface area contributed by atoms with Gasteiger partial charge in [-0.25, -0.2) is 0 Å². The summed E-state index contributed by atoms with van der Waals surface area (Å²) in [4.78, 5) is 0. The number of rotatable bonds is 9. The van der Waals surface area contributed by atoms with Crippen LogP contribution < -0.4 is 14.8 Å². The van der Waals surface area contributed by atoms with Crippen LogP contribution in [0.2, 0.25) is 0 Å². The first-order valence-corrected chi connectivity index (χ1v) is 7.72. The minimum atomic E-state index is 0.673. The maximum absolute atomic E-state index is 5.33. The minimum absolute atomic E-state index is 0.673. The zero-order valence-corrected chi connectivity index (χ0v) is 12.9. The van der Waals surface area contributed by atoms with Gasteiger partial charge in [0.25, 0.3) is 0 Å². The van der Waals surface area contributed by atoms with Crippen molar-refractivity contribution in [3.05, 3.63) is 23.8 Å². The molecule has 3 heteroatoms. The third kappa shape index (κ3) is 4.41. The van der Waals surface area contributed by atoms with Gasteiger partial charge in [0.15, 0.2) is 0 Å². The molecule has 0 saturated heterocycles. The van der Waals surface area contributed by atoms with Crippen molar-refractivity contribution in [2.75, 3.05) is 20.8 Å². The van der Waals surface area contributed by atoms with E-state index < -0.39 is 0 Å². The minimum Gasteiger partial charge on any atom is -0.497 e. The van der Waals surface area contributed by atoms with E-state index in [1.165, 1.54) is 31.2 Å². The summed E-state index contributed by atoms with van der Waals surface area (Å²) in [7, 11) is 3.41. The van der Waals surface area contributed by atoms with Crippen LogP contribution in [0.25, 0.3) is 0 Å². The molecule has 1 N–H and O–H groups in total. The zero-order chi connectivity index (χ0) is 14.4. The summed E-state index contributed by atoms with van der Waals surface area (Å²) in [5, 5.41) is 3.70. The summed E-state index contributed by atoms with van der Waals surface area (Å²) in [6.45, 7) is 3.35. The lowest BCUT2D eigenvalue weighted by Crippen LogP contribution is -2.32. The van der Waals surface area contributed by atoms with Gasteiger partial charge >= 0.3 is 0 Å². The molecular formula is C17H27NO2. The van der Waals surface area contributed by atoms with Crippen molar-refractivity contribution in [3.63, 3.8) is 0 Å². The molecule has 2 rings (SSSR count). The van der Waals surface area contributed by atoms with Crippen molar-refractivity contribution in [1.82, 2.24) is 5.32 Å². The summed E-state index contributed by atoms with van der Waals surface area (Å²) in [5.41, 5.74) is 1.30. The van der Waals surface area contributed by atoms with Crippen LogP contribution in [0.3, 0.4) is 0 Å². The van der Waals surface area contributed by atoms with Gasteiger partial charge in [-0.3, -0.25) is 0 Å². The Morgan fingerprint density at radius 1 is 1.15 bits per heavy atom. The van der Waals surface area contributed by atoms with Crippen molar-refractivity contribution in [2.24, 2.45) is 5.92 Å². The molecule has 1 aliphatic rings. The SMILES string of the molecule is CCCNC(CCc1cc(OC)cc(OC)c1)C1CC1. The second kappa shape index (κ2) is 7.53. The van der Waals surface area contributed by atoms with Crippen LogP contribution in [0, 0.1) is 5.92 Å². The Hall–Kier alpha value is -1.22. The van der Waals surface area contributed by atoms with Gasteiger partial charge in [0, 0.05) is 12.1 Å². The number of benzene rings is 1. The highest BCUT2D eigenvalue weighted by Crippen LogP contribution is 2.35. The normalized spacial score (nSPS) is 15.9. The first-order valence-electron chi connectivity index (χ1n) is 7.72. The summed E-state index contributed by atoms with van der Waals surface area (Å²) in [6, 6.07) is 6.84. The zero-order valence-electron chi connectivity index (χ0n) is 12.9. The third-order valence-corrected chi connectivity index (χ3v) is 4.00. The monoisotopic (exact) mass is 277 g/mol. The molecule has 0 heterocycles. The maximum Gasteiger partial charge on any atom is 0.122 e. The highest BCUT2D eigenvalue weighted by Gasteiger charge is 2.30. The Labute approximate surface area is 122 Å². The van der Waals surface area contributed by atoms with Gasteiger partial charge in [0.2, 0.25) is 0 Å². The van der Waals surface area contributed by atoms with Gasteiger partial charge < -0.3 is 14.8 Å². The fourth-order valence-electron chi connectivity index (χ4n) is 2.67. The Morgan fingerprint density at radius 2 is 1.80 bits per heavy atom. The number of ether oxygens (including phenoxy) is 2. The Kier molecular flexibility index (Phi) is 5.72. The second-order valence-corrected chi connectivity index (χ2v) is 5.66. The number of hydrogen-bond donors (Lipinski definition) is 1. The van der Waals surface area contributed by atoms with E-state index in [1.807, 2.05) is 6.07 Å². The van der Waals surface area contributed by atoms with Crippen molar-refractivity contribution in [2.45, 2.75) is 45.1 Å². The Balaban J connectivity index is 1.94. The molecule has 0 radical (unpaired) electrons. The van der Waals surface area contributed by atoms with E-state index in [0.29, 0.717) is 6.04 Å². The van der Waals surface area contributed by atoms with E-state index in [9.17, 15) is 0 Å². The van der Waals surface area contributed by atoms with Crippen LogP contribution in [-0.2, 0) is 6.42 Å². The molecule has 112 valence electrons. The van der Waals surface area contributed by atoms with Crippen molar-refractivity contribution in [1.29, 1.82) is 0 Å². The number of methoxy groups -OCH3 is 2. The largest absolute Gasteiger partial charge is 0.497 e. The lowest BCUT2D eigenvalue weighted by Gasteiger charge is -2.18. The smallest absolute Gasteiger partial charge is 0.122 e. The standard InChI is InChI=1S/C17H27NO2/c1-4-9-18-17(14-6-7-14)8-5-13-10-15(19-2)12-16(11-13)20-3/h10-12,14,17-18H,4-9H2,1-3H3. The van der Waals surface area contributed by atoms with E-state index in [4.69, 9.17) is 9.47 Å². The molecule has 3 nitrogen and oxygen atoms in total. The van der Waals surface area contributed by atoms with Gasteiger partial charge in [-0.1, -0.05) is 6.92 Å². The van der Waals surface area contributed by atoms with E-state index in [1.54, 1.807) is 14.2 Å². The van der Waals surface area contributed by atoms with E-state index in [0.717, 1.165) is 30.4 Å². The molecule has 20 heavy (non-hydrogen) atoms. The van der Waals surface area contributed by atoms with Gasteiger partial charge in [0.1, 0.15) is 11.5 Å². The maximum atomic E-state index is 5.33. The molecule has 0 aromatic heterocycles. The first kappa shape index (κ1) is 15.2. The number of nitrogens with one attached hydrogen (secondary N) is 1. The molecule has 1 saturated carbocycles. The van der Waals surface area contributed by atoms with Crippen molar-refractivity contribution in [3.8, 4) is 11.5 Å². The van der Waals surface area contributed by atoms with E-state index in [2.05, 4.69) is 24.4 Å². The highest BCUT2D eigenvalue weighted by molar-refractivity contribution is 5.38. The molecule has 1 atom stereocenters. The second-order valence-electron chi connectivity index (χ2n) is 5.66. The number of aryl methyl sites for hydroxylation is 1. The average molecular weight is 277 g/mol. The molecule has 1 fully saturated rings. The third-order valence-electron chi connectivity index (χ3n) is 4.00. The molecule has 0 amide bonds. The fraction of sp³-hybridized carbons (Fsp3) is 0.647. The molecule has 1 unspecified atom stereocenters.